The van der Waals surface area contributed by atoms with E-state index < -0.39 is 262 Å². The third-order valence-corrected chi connectivity index (χ3v) is 30.0. The second-order valence-electron chi connectivity index (χ2n) is 38.5. The number of rotatable bonds is 55. The van der Waals surface area contributed by atoms with Crippen LogP contribution in [0.3, 0.4) is 0 Å². The number of fused-ring (bicyclic) bond motifs is 1. The van der Waals surface area contributed by atoms with Crippen LogP contribution >= 0.6 is 11.8 Å². The normalized spacial score (nSPS) is 40.5. The summed E-state index contributed by atoms with van der Waals surface area (Å²) >= 11 is 2.02. The molecule has 0 radical (unpaired) electrons. The molecule has 0 aromatic rings. The summed E-state index contributed by atoms with van der Waals surface area (Å²) in [7, 11) is 0. The largest absolute Gasteiger partial charge is 0.479 e. The van der Waals surface area contributed by atoms with Gasteiger partial charge in [-0.05, 0) is 77.0 Å². The Morgan fingerprint density at radius 2 is 0.714 bits per heavy atom. The van der Waals surface area contributed by atoms with E-state index in [-0.39, 0.29) is 50.0 Å². The summed E-state index contributed by atoms with van der Waals surface area (Å²) in [6, 6.07) is 1.000. The molecule has 45 heteroatoms. The number of carboxylic acid groups (broad SMARTS) is 4. The van der Waals surface area contributed by atoms with Crippen LogP contribution in [0.15, 0.2) is 12.4 Å². The van der Waals surface area contributed by atoms with E-state index in [2.05, 4.69) is 27.8 Å². The maximum Gasteiger partial charge on any atom is 0.335 e. The minimum absolute atomic E-state index is 0.0569. The topological polar surface area (TPSA) is 607 Å². The van der Waals surface area contributed by atoms with Crippen LogP contribution in [0.1, 0.15) is 187 Å². The molecule has 10 aliphatic rings. The summed E-state index contributed by atoms with van der Waals surface area (Å²) in [5, 5.41) is 160. The number of aliphatic carboxylic acids is 4. The van der Waals surface area contributed by atoms with Gasteiger partial charge in [0.25, 0.3) is 0 Å². The molecular weight excluding hydrogens is 1870 g/mol. The Balaban J connectivity index is 0.000000495. The van der Waals surface area contributed by atoms with Gasteiger partial charge in [-0.25, -0.2) is 19.2 Å². The number of carboxylic acids is 4. The number of aliphatic hydroxyl groups is 9. The first-order valence-corrected chi connectivity index (χ1v) is 51.6. The minimum Gasteiger partial charge on any atom is -0.479 e. The van der Waals surface area contributed by atoms with Gasteiger partial charge >= 0.3 is 23.9 Å². The highest BCUT2D eigenvalue weighted by molar-refractivity contribution is 8.00. The fourth-order valence-corrected chi connectivity index (χ4v) is 20.9. The molecule has 2 amide bonds. The summed E-state index contributed by atoms with van der Waals surface area (Å²) in [4.78, 5) is 75.1. The second kappa shape index (κ2) is 58.9. The molecule has 10 fully saturated rings. The van der Waals surface area contributed by atoms with Crippen LogP contribution in [0, 0.1) is 53.3 Å². The van der Waals surface area contributed by atoms with E-state index in [1.807, 2.05) is 25.6 Å². The number of nitrogens with one attached hydrogen (secondary N) is 4. The average molecular weight is 2030 g/mol. The molecule has 1 saturated carbocycles. The molecular formula is C95H164N4O40S. The van der Waals surface area contributed by atoms with Crippen LogP contribution in [0.5, 0.6) is 0 Å². The summed E-state index contributed by atoms with van der Waals surface area (Å²) in [6.45, 7) is 35.2. The van der Waals surface area contributed by atoms with E-state index in [0.29, 0.717) is 148 Å². The van der Waals surface area contributed by atoms with Crippen LogP contribution in [0.4, 0.5) is 0 Å². The Labute approximate surface area is 824 Å². The van der Waals surface area contributed by atoms with Gasteiger partial charge in [-0.1, -0.05) is 109 Å². The molecule has 810 valence electrons. The fraction of sp³-hybridized carbons (Fsp3) is 0.916. The zero-order valence-electron chi connectivity index (χ0n) is 83.5. The lowest BCUT2D eigenvalue weighted by Crippen LogP contribution is -2.65. The maximum atomic E-state index is 13.1. The molecule has 0 bridgehead atoms. The van der Waals surface area contributed by atoms with Crippen LogP contribution in [-0.2, 0) is 128 Å². The highest BCUT2D eigenvalue weighted by Gasteiger charge is 2.60. The molecule has 17 N–H and O–H groups in total. The first-order valence-electron chi connectivity index (χ1n) is 50.5. The Morgan fingerprint density at radius 1 is 0.364 bits per heavy atom. The lowest BCUT2D eigenvalue weighted by Gasteiger charge is -2.51. The number of unbranched alkanes of at least 4 members (excludes halogenated alkanes) is 3. The van der Waals surface area contributed by atoms with Crippen molar-refractivity contribution >= 4 is 47.5 Å². The number of thioether (sulfide) groups is 1. The van der Waals surface area contributed by atoms with Crippen molar-refractivity contribution < 1.29 is 195 Å². The Bertz CT molecular complexity index is 3670. The molecule has 44 nitrogen and oxygen atoms in total. The molecule has 10 rings (SSSR count). The quantitative estimate of drug-likeness (QED) is 0.0386. The molecule has 43 atom stereocenters. The predicted octanol–water partition coefficient (Wildman–Crippen LogP) is 1.86. The first kappa shape index (κ1) is 119. The highest BCUT2D eigenvalue weighted by Crippen LogP contribution is 2.46. The van der Waals surface area contributed by atoms with E-state index in [4.69, 9.17) is 99.5 Å². The molecule has 40 unspecified atom stereocenters. The van der Waals surface area contributed by atoms with E-state index >= 15 is 0 Å². The standard InChI is InChI=1S/C69H115NO33.C26H49N3O7S/c1-14-33-24-37(25(6)39(72)47(33)80)90-51-44(77)30(11)67(101-55(51)59(81)82)94-48-34(15-2)92-65(28(9)41(48)74)98-53-46(79)32(13)69(103-57(53)61(85)86)96-50-36(17-4)93-66(29(10)42(50)75)99-54-45(78)31(12)68(102-58(54)62(87)88)95-49-35(16-3)91-64(27(8)40(49)73)97-52-43(76)26(7)63(100-56(52)60(83)84)89-23-21-19-20-22-70-38(71)18-5;1-3-31-11-12-33-15-16-35-19-20-36-18-17-34-14-13-32-10-6-9-27-25(30)8-5-4-7-24-26-23(21-37-24)28-22(2)29-26/h25-37,39-58,63-69,72-80H,14-24H2,1-13H3,(H,70,71)(H,81,82)(H,83,84)(H,85,86)(H,87,88);23-24,26,28-29H,2-21H2,1H3,(H,27,30)/t;23-,24-,26-/m.0/s1. The van der Waals surface area contributed by atoms with E-state index in [9.17, 15) is 95.2 Å². The van der Waals surface area contributed by atoms with Crippen molar-refractivity contribution in [3.8, 4) is 0 Å². The SMILES string of the molecule is C=C1N[C@H]2[C@H](CS[C@H]2CCCCC(=O)NCCCOCCOCCOCCOCCOCCOCC)N1.CCC(=O)NCCCCCOC1OC(C(=O)O)C(OC2OC(CC)C(OC3OC(C(=O)O)C(OC4OC(CC)C(OC5OC(C(=O)O)C(OC6OC(CC)C(OC7OC(C(=O)O)C(OC8CC(CC)C(O)C(O)C8C)C(O)C7C)C(O)C6C)C(O)C5C)C(O)C4C)C(O)C3C)C(O)C2C)C(O)C1C. The van der Waals surface area contributed by atoms with Crippen molar-refractivity contribution in [2.75, 3.05) is 105 Å². The van der Waals surface area contributed by atoms with Gasteiger partial charge in [0.15, 0.2) is 68.4 Å². The lowest BCUT2D eigenvalue weighted by molar-refractivity contribution is -0.378. The molecule has 9 aliphatic heterocycles. The van der Waals surface area contributed by atoms with E-state index in [0.717, 1.165) is 37.3 Å². The number of hydrogen-bond donors (Lipinski definition) is 17. The number of aliphatic hydroxyl groups excluding tert-OH is 9. The smallest absolute Gasteiger partial charge is 0.335 e. The summed E-state index contributed by atoms with van der Waals surface area (Å²) < 4.78 is 125. The average Bonchev–Trinajstić information content (AvgIpc) is 1.08. The molecule has 140 heavy (non-hydrogen) atoms. The predicted molar refractivity (Wildman–Crippen MR) is 495 cm³/mol. The summed E-state index contributed by atoms with van der Waals surface area (Å²) in [5.41, 5.74) is 0. The van der Waals surface area contributed by atoms with E-state index in [1.165, 1.54) is 34.6 Å². The number of amides is 2. The third kappa shape index (κ3) is 32.2. The van der Waals surface area contributed by atoms with Gasteiger partial charge in [0.2, 0.25) is 11.8 Å². The lowest BCUT2D eigenvalue weighted by atomic mass is 9.75. The van der Waals surface area contributed by atoms with Gasteiger partial charge in [-0.3, -0.25) is 9.59 Å². The van der Waals surface area contributed by atoms with E-state index in [1.54, 1.807) is 48.5 Å². The Hall–Kier alpha value is -4.69. The van der Waals surface area contributed by atoms with Gasteiger partial charge in [0.05, 0.1) is 163 Å². The van der Waals surface area contributed by atoms with Gasteiger partial charge in [0.1, 0.15) is 42.7 Å². The zero-order valence-corrected chi connectivity index (χ0v) is 84.3. The number of hydrogen-bond acceptors (Lipinski definition) is 39. The summed E-state index contributed by atoms with van der Waals surface area (Å²) in [5.74, 6) is -11.9. The van der Waals surface area contributed by atoms with Crippen molar-refractivity contribution in [2.24, 2.45) is 53.3 Å². The highest BCUT2D eigenvalue weighted by atomic mass is 32.2. The zero-order chi connectivity index (χ0) is 102. The van der Waals surface area contributed by atoms with Crippen molar-refractivity contribution in [1.29, 1.82) is 0 Å². The molecule has 0 spiro atoms. The monoisotopic (exact) mass is 2030 g/mol. The number of carbonyl (C=O) groups is 6. The Kier molecular flexibility index (Phi) is 50.0. The van der Waals surface area contributed by atoms with Crippen LogP contribution in [0.25, 0.3) is 0 Å². The maximum absolute atomic E-state index is 13.1. The van der Waals surface area contributed by atoms with Gasteiger partial charge in [-0.2, -0.15) is 11.8 Å². The molecule has 9 heterocycles. The summed E-state index contributed by atoms with van der Waals surface area (Å²) in [6.07, 6.45) is -35.8. The van der Waals surface area contributed by atoms with Gasteiger partial charge in [-0.15, -0.1) is 0 Å². The molecule has 0 aromatic heterocycles. The van der Waals surface area contributed by atoms with Crippen molar-refractivity contribution in [2.45, 2.75) is 395 Å². The van der Waals surface area contributed by atoms with Crippen molar-refractivity contribution in [1.82, 2.24) is 21.3 Å². The molecule has 1 aliphatic carbocycles. The first-order chi connectivity index (χ1) is 66.9. The number of ether oxygens (including phenoxy) is 21. The fourth-order valence-electron chi connectivity index (χ4n) is 19.4. The second-order valence-corrected chi connectivity index (χ2v) is 39.7. The van der Waals surface area contributed by atoms with Crippen molar-refractivity contribution in [3.63, 3.8) is 0 Å². The van der Waals surface area contributed by atoms with Crippen LogP contribution in [0.2, 0.25) is 0 Å². The van der Waals surface area contributed by atoms with Crippen LogP contribution < -0.4 is 21.3 Å². The van der Waals surface area contributed by atoms with Gasteiger partial charge < -0.3 is 187 Å². The van der Waals surface area contributed by atoms with Gasteiger partial charge in [0, 0.05) is 104 Å². The minimum atomic E-state index is -1.95. The number of carbonyl (C=O) groups excluding carboxylic acids is 2. The molecule has 0 aromatic carbocycles. The van der Waals surface area contributed by atoms with Crippen molar-refractivity contribution in [3.05, 3.63) is 12.4 Å². The third-order valence-electron chi connectivity index (χ3n) is 28.5. The Morgan fingerprint density at radius 3 is 1.10 bits per heavy atom. The molecule has 9 saturated heterocycles. The van der Waals surface area contributed by atoms with Crippen LogP contribution in [-0.4, -0.2) is 415 Å².